The molecule has 3 heterocycles. The van der Waals surface area contributed by atoms with E-state index in [9.17, 15) is 0 Å². The van der Waals surface area contributed by atoms with Crippen LogP contribution in [-0.2, 0) is 0 Å². The molecule has 0 aliphatic carbocycles. The monoisotopic (exact) mass is 644 g/mol. The lowest BCUT2D eigenvalue weighted by atomic mass is 10.1. The Morgan fingerprint density at radius 3 is 1.50 bits per heavy atom. The second-order valence-electron chi connectivity index (χ2n) is 10.9. The van der Waals surface area contributed by atoms with Crippen molar-refractivity contribution in [1.82, 2.24) is 4.98 Å². The molecular formula is C41H28N2S3. The molecule has 220 valence electrons. The van der Waals surface area contributed by atoms with Crippen molar-refractivity contribution in [3.8, 4) is 10.6 Å². The van der Waals surface area contributed by atoms with Crippen LogP contribution in [0.4, 0.5) is 17.1 Å². The summed E-state index contributed by atoms with van der Waals surface area (Å²) in [5.74, 6) is 0. The molecule has 0 amide bonds. The van der Waals surface area contributed by atoms with Gasteiger partial charge in [-0.3, -0.25) is 0 Å². The number of aromatic nitrogens is 1. The molecule has 0 spiro atoms. The van der Waals surface area contributed by atoms with E-state index in [-0.39, 0.29) is 0 Å². The van der Waals surface area contributed by atoms with Gasteiger partial charge in [-0.05, 0) is 83.9 Å². The Morgan fingerprint density at radius 2 is 0.935 bits per heavy atom. The molecule has 5 heteroatoms. The lowest BCUT2D eigenvalue weighted by molar-refractivity contribution is 1.28. The van der Waals surface area contributed by atoms with E-state index >= 15 is 0 Å². The van der Waals surface area contributed by atoms with Crippen LogP contribution in [0.2, 0.25) is 0 Å². The Morgan fingerprint density at radius 1 is 0.435 bits per heavy atom. The zero-order valence-corrected chi connectivity index (χ0v) is 27.2. The molecule has 0 atom stereocenters. The zero-order valence-electron chi connectivity index (χ0n) is 24.8. The van der Waals surface area contributed by atoms with Crippen LogP contribution >= 0.6 is 34.0 Å². The highest BCUT2D eigenvalue weighted by molar-refractivity contribution is 7.28. The maximum absolute atomic E-state index is 4.79. The zero-order chi connectivity index (χ0) is 30.7. The Hall–Kier alpha value is -5.07. The molecule has 0 bridgehead atoms. The number of hydrogen-bond donors (Lipinski definition) is 0. The third-order valence-electron chi connectivity index (χ3n) is 7.76. The molecular weight excluding hydrogens is 617 g/mol. The number of nitrogens with zero attached hydrogens (tertiary/aromatic N) is 2. The minimum Gasteiger partial charge on any atom is -0.311 e. The first-order chi connectivity index (χ1) is 22.7. The lowest BCUT2D eigenvalue weighted by Gasteiger charge is -2.25. The third kappa shape index (κ3) is 6.09. The van der Waals surface area contributed by atoms with Crippen molar-refractivity contribution in [2.45, 2.75) is 0 Å². The highest BCUT2D eigenvalue weighted by Crippen LogP contribution is 2.37. The van der Waals surface area contributed by atoms with Gasteiger partial charge in [0, 0.05) is 41.8 Å². The number of thiazole rings is 1. The normalized spacial score (nSPS) is 11.7. The number of hydrogen-bond acceptors (Lipinski definition) is 5. The summed E-state index contributed by atoms with van der Waals surface area (Å²) in [5, 5.41) is 1.06. The quantitative estimate of drug-likeness (QED) is 0.164. The van der Waals surface area contributed by atoms with Gasteiger partial charge in [-0.1, -0.05) is 97.1 Å². The predicted molar refractivity (Wildman–Crippen MR) is 204 cm³/mol. The van der Waals surface area contributed by atoms with E-state index in [1.807, 2.05) is 28.7 Å². The summed E-state index contributed by atoms with van der Waals surface area (Å²) in [6, 6.07) is 51.4. The van der Waals surface area contributed by atoms with Crippen LogP contribution in [0.15, 0.2) is 146 Å². The molecule has 0 unspecified atom stereocenters. The standard InChI is InChI=1S/C41H28N2S3/c1-3-9-32(10-4-1)43(33-11-5-2-6-12-33)34-23-17-30(18-24-34)20-26-36-28-40-39(45-36)27-35(44-40)25-19-29-15-21-31(22-16-29)41-42-37-13-7-8-14-38(37)46-41/h1-28H/b25-19+,26-20+. The highest BCUT2D eigenvalue weighted by Gasteiger charge is 2.11. The summed E-state index contributed by atoms with van der Waals surface area (Å²) in [6.07, 6.45) is 8.84. The molecule has 0 N–H and O–H groups in total. The van der Waals surface area contributed by atoms with E-state index in [4.69, 9.17) is 4.98 Å². The molecule has 0 aliphatic heterocycles. The summed E-state index contributed by atoms with van der Waals surface area (Å²) in [5.41, 5.74) is 8.01. The van der Waals surface area contributed by atoms with Gasteiger partial charge in [-0.2, -0.15) is 0 Å². The molecule has 0 radical (unpaired) electrons. The topological polar surface area (TPSA) is 16.1 Å². The van der Waals surface area contributed by atoms with Crippen molar-refractivity contribution in [3.63, 3.8) is 0 Å². The first-order valence-corrected chi connectivity index (χ1v) is 17.6. The number of rotatable bonds is 8. The third-order valence-corrected chi connectivity index (χ3v) is 11.1. The highest BCUT2D eigenvalue weighted by atomic mass is 32.1. The van der Waals surface area contributed by atoms with Crippen LogP contribution in [0.1, 0.15) is 20.9 Å². The second-order valence-corrected chi connectivity index (χ2v) is 14.2. The summed E-state index contributed by atoms with van der Waals surface area (Å²) in [4.78, 5) is 9.61. The lowest BCUT2D eigenvalue weighted by Crippen LogP contribution is -2.09. The summed E-state index contributed by atoms with van der Waals surface area (Å²) in [6.45, 7) is 0. The van der Waals surface area contributed by atoms with Crippen molar-refractivity contribution in [2.24, 2.45) is 0 Å². The Labute approximate surface area is 280 Å². The van der Waals surface area contributed by atoms with Gasteiger partial charge in [0.15, 0.2) is 0 Å². The average molecular weight is 645 g/mol. The minimum absolute atomic E-state index is 1.06. The van der Waals surface area contributed by atoms with Crippen molar-refractivity contribution < 1.29 is 0 Å². The number of fused-ring (bicyclic) bond motifs is 2. The Balaban J connectivity index is 0.942. The average Bonchev–Trinajstić information content (AvgIpc) is 3.82. The van der Waals surface area contributed by atoms with Crippen LogP contribution in [0.25, 0.3) is 54.5 Å². The number of thiophene rings is 2. The summed E-state index contributed by atoms with van der Waals surface area (Å²) in [7, 11) is 0. The molecule has 0 aliphatic rings. The molecule has 2 nitrogen and oxygen atoms in total. The van der Waals surface area contributed by atoms with Gasteiger partial charge in [0.25, 0.3) is 0 Å². The number of benzene rings is 5. The van der Waals surface area contributed by atoms with Gasteiger partial charge < -0.3 is 4.90 Å². The van der Waals surface area contributed by atoms with Crippen molar-refractivity contribution >= 4 is 95.0 Å². The minimum atomic E-state index is 1.06. The molecule has 8 rings (SSSR count). The smallest absolute Gasteiger partial charge is 0.124 e. The van der Waals surface area contributed by atoms with E-state index in [2.05, 4.69) is 169 Å². The van der Waals surface area contributed by atoms with E-state index in [0.717, 1.165) is 33.1 Å². The van der Waals surface area contributed by atoms with Crippen molar-refractivity contribution in [1.29, 1.82) is 0 Å². The molecule has 8 aromatic rings. The maximum Gasteiger partial charge on any atom is 0.124 e. The van der Waals surface area contributed by atoms with Crippen LogP contribution in [0, 0.1) is 0 Å². The molecule has 0 fully saturated rings. The Kier molecular flexibility index (Phi) is 7.87. The molecule has 0 saturated heterocycles. The molecule has 3 aromatic heterocycles. The summed E-state index contributed by atoms with van der Waals surface area (Å²) < 4.78 is 3.88. The molecule has 5 aromatic carbocycles. The van der Waals surface area contributed by atoms with Crippen molar-refractivity contribution in [2.75, 3.05) is 4.90 Å². The van der Waals surface area contributed by atoms with Crippen LogP contribution in [-0.4, -0.2) is 4.98 Å². The van der Waals surface area contributed by atoms with Gasteiger partial charge >= 0.3 is 0 Å². The SMILES string of the molecule is C(=C\c1cc2sc(/C=C/c3ccc(N(c4ccccc4)c4ccccc4)cc3)cc2s1)/c1ccc(-c2nc3ccccc3s2)cc1. The van der Waals surface area contributed by atoms with E-state index in [1.54, 1.807) is 11.3 Å². The second kappa shape index (κ2) is 12.7. The fraction of sp³-hybridized carbons (Fsp3) is 0. The van der Waals surface area contributed by atoms with E-state index in [1.165, 1.54) is 35.0 Å². The molecule has 0 saturated carbocycles. The largest absolute Gasteiger partial charge is 0.311 e. The van der Waals surface area contributed by atoms with Crippen LogP contribution in [0.3, 0.4) is 0 Å². The number of anilines is 3. The van der Waals surface area contributed by atoms with E-state index in [0.29, 0.717) is 0 Å². The fourth-order valence-electron chi connectivity index (χ4n) is 5.46. The van der Waals surface area contributed by atoms with Crippen LogP contribution < -0.4 is 4.90 Å². The van der Waals surface area contributed by atoms with Gasteiger partial charge in [0.2, 0.25) is 0 Å². The van der Waals surface area contributed by atoms with Gasteiger partial charge in [-0.15, -0.1) is 34.0 Å². The van der Waals surface area contributed by atoms with E-state index < -0.39 is 0 Å². The van der Waals surface area contributed by atoms with Gasteiger partial charge in [0.1, 0.15) is 5.01 Å². The van der Waals surface area contributed by atoms with Gasteiger partial charge in [-0.25, -0.2) is 4.98 Å². The predicted octanol–water partition coefficient (Wildman–Crippen LogP) is 13.1. The fourth-order valence-corrected chi connectivity index (χ4v) is 8.66. The van der Waals surface area contributed by atoms with Gasteiger partial charge in [0.05, 0.1) is 10.2 Å². The van der Waals surface area contributed by atoms with Crippen LogP contribution in [0.5, 0.6) is 0 Å². The first kappa shape index (κ1) is 28.4. The summed E-state index contributed by atoms with van der Waals surface area (Å²) >= 11 is 5.42. The maximum atomic E-state index is 4.79. The Bertz CT molecular complexity index is 2190. The number of para-hydroxylation sites is 3. The first-order valence-electron chi connectivity index (χ1n) is 15.1. The van der Waals surface area contributed by atoms with Crippen molar-refractivity contribution in [3.05, 3.63) is 166 Å². The molecule has 46 heavy (non-hydrogen) atoms.